The molecule has 12 heteroatoms. The van der Waals surface area contributed by atoms with Crippen molar-refractivity contribution in [3.8, 4) is 28.4 Å². The van der Waals surface area contributed by atoms with Crippen LogP contribution in [0.25, 0.3) is 22.2 Å². The van der Waals surface area contributed by atoms with E-state index in [0.717, 1.165) is 4.57 Å². The molecule has 0 aliphatic heterocycles. The van der Waals surface area contributed by atoms with Crippen molar-refractivity contribution in [2.75, 3.05) is 32.4 Å². The van der Waals surface area contributed by atoms with Gasteiger partial charge in [0.25, 0.3) is 11.5 Å². The highest BCUT2D eigenvalue weighted by molar-refractivity contribution is 6.30. The van der Waals surface area contributed by atoms with Gasteiger partial charge in [0.2, 0.25) is 5.75 Å². The number of hydrogen-bond donors (Lipinski definition) is 2. The smallest absolute Gasteiger partial charge is 0.332 e. The maximum atomic E-state index is 13.6. The number of fused-ring (bicyclic) bond motifs is 1. The Hall–Kier alpha value is -4.51. The molecule has 2 aromatic carbocycles. The maximum absolute atomic E-state index is 13.6. The molecule has 2 heterocycles. The number of ether oxygens (including phenoxy) is 3. The van der Waals surface area contributed by atoms with Gasteiger partial charge in [-0.05, 0) is 42.0 Å². The number of carbonyl (C=O) groups excluding carboxylic acids is 1. The van der Waals surface area contributed by atoms with Crippen molar-refractivity contribution in [2.24, 2.45) is 14.1 Å². The zero-order valence-corrected chi connectivity index (χ0v) is 21.5. The van der Waals surface area contributed by atoms with E-state index in [1.807, 2.05) is 0 Å². The van der Waals surface area contributed by atoms with Crippen LogP contribution >= 0.6 is 11.6 Å². The number of carbonyl (C=O) groups is 1. The standard InChI is InChI=1S/C25H24ClN5O6/c1-30-22-19(24(33)31(2)25(30)34)17(12-10-15(35-3)20(37-5)16(11-12)36-4)18(21(27)29-22)23(32)28-14-8-6-13(26)7-9-14/h6-11H,1-5H3,(H2,27,29)(H,28,32). The molecule has 0 aliphatic rings. The topological polar surface area (TPSA) is 140 Å². The number of aromatic nitrogens is 3. The molecule has 0 bridgehead atoms. The summed E-state index contributed by atoms with van der Waals surface area (Å²) >= 11 is 5.96. The van der Waals surface area contributed by atoms with Crippen molar-refractivity contribution in [3.05, 3.63) is 67.8 Å². The molecular weight excluding hydrogens is 502 g/mol. The van der Waals surface area contributed by atoms with Gasteiger partial charge in [0.05, 0.1) is 32.3 Å². The third kappa shape index (κ3) is 4.33. The highest BCUT2D eigenvalue weighted by Crippen LogP contribution is 2.43. The number of aryl methyl sites for hydroxylation is 1. The average Bonchev–Trinajstić information content (AvgIpc) is 2.90. The molecule has 0 saturated heterocycles. The highest BCUT2D eigenvalue weighted by Gasteiger charge is 2.27. The minimum Gasteiger partial charge on any atom is -0.493 e. The molecule has 0 radical (unpaired) electrons. The van der Waals surface area contributed by atoms with Gasteiger partial charge in [0.1, 0.15) is 5.82 Å². The number of benzene rings is 2. The SMILES string of the molecule is COc1cc(-c2c(C(=O)Nc3ccc(Cl)cc3)c(N)nc3c2c(=O)n(C)c(=O)n3C)cc(OC)c1OC. The molecule has 0 fully saturated rings. The second-order valence-electron chi connectivity index (χ2n) is 8.03. The number of nitrogens with two attached hydrogens (primary N) is 1. The zero-order chi connectivity index (χ0) is 27.0. The molecule has 1 amide bonds. The summed E-state index contributed by atoms with van der Waals surface area (Å²) < 4.78 is 18.5. The van der Waals surface area contributed by atoms with Gasteiger partial charge in [-0.3, -0.25) is 18.7 Å². The lowest BCUT2D eigenvalue weighted by molar-refractivity contribution is 0.102. The quantitative estimate of drug-likeness (QED) is 0.391. The van der Waals surface area contributed by atoms with Crippen molar-refractivity contribution in [1.82, 2.24) is 14.1 Å². The molecule has 192 valence electrons. The Morgan fingerprint density at radius 3 is 2.11 bits per heavy atom. The van der Waals surface area contributed by atoms with E-state index >= 15 is 0 Å². The number of nitrogens with zero attached hydrogens (tertiary/aromatic N) is 3. The molecule has 3 N–H and O–H groups in total. The molecule has 0 aliphatic carbocycles. The van der Waals surface area contributed by atoms with E-state index in [0.29, 0.717) is 22.0 Å². The van der Waals surface area contributed by atoms with Gasteiger partial charge in [-0.1, -0.05) is 11.6 Å². The van der Waals surface area contributed by atoms with Gasteiger partial charge >= 0.3 is 5.69 Å². The third-order valence-corrected chi connectivity index (χ3v) is 6.15. The van der Waals surface area contributed by atoms with E-state index in [4.69, 9.17) is 31.5 Å². The normalized spacial score (nSPS) is 10.9. The number of amides is 1. The Morgan fingerprint density at radius 2 is 1.57 bits per heavy atom. The lowest BCUT2D eigenvalue weighted by Gasteiger charge is -2.19. The van der Waals surface area contributed by atoms with Gasteiger partial charge < -0.3 is 25.3 Å². The minimum absolute atomic E-state index is 0.00864. The minimum atomic E-state index is -0.658. The van der Waals surface area contributed by atoms with Crippen LogP contribution in [0, 0.1) is 0 Å². The van der Waals surface area contributed by atoms with Crippen LogP contribution in [0.2, 0.25) is 5.02 Å². The summed E-state index contributed by atoms with van der Waals surface area (Å²) in [6.45, 7) is 0. The molecule has 0 saturated carbocycles. The number of nitrogen functional groups attached to an aromatic ring is 1. The second kappa shape index (κ2) is 9.86. The van der Waals surface area contributed by atoms with Gasteiger partial charge in [0, 0.05) is 30.4 Å². The second-order valence-corrected chi connectivity index (χ2v) is 8.46. The Kier molecular flexibility index (Phi) is 6.82. The predicted octanol–water partition coefficient (Wildman–Crippen LogP) is 2.81. The fraction of sp³-hybridized carbons (Fsp3) is 0.200. The van der Waals surface area contributed by atoms with Crippen molar-refractivity contribution >= 4 is 40.0 Å². The van der Waals surface area contributed by atoms with E-state index in [1.165, 1.54) is 40.0 Å². The molecule has 37 heavy (non-hydrogen) atoms. The van der Waals surface area contributed by atoms with Crippen molar-refractivity contribution in [2.45, 2.75) is 0 Å². The maximum Gasteiger partial charge on any atom is 0.332 e. The number of anilines is 2. The van der Waals surface area contributed by atoms with Crippen LogP contribution in [-0.4, -0.2) is 41.4 Å². The number of pyridine rings is 1. The van der Waals surface area contributed by atoms with Crippen LogP contribution in [0.5, 0.6) is 17.2 Å². The Bertz CT molecular complexity index is 1640. The van der Waals surface area contributed by atoms with Crippen LogP contribution in [0.4, 0.5) is 11.5 Å². The monoisotopic (exact) mass is 525 g/mol. The summed E-state index contributed by atoms with van der Waals surface area (Å²) in [5, 5.41) is 3.26. The first-order chi connectivity index (χ1) is 17.6. The van der Waals surface area contributed by atoms with E-state index < -0.39 is 17.2 Å². The number of rotatable bonds is 6. The van der Waals surface area contributed by atoms with Crippen LogP contribution in [0.3, 0.4) is 0 Å². The summed E-state index contributed by atoms with van der Waals surface area (Å²) in [4.78, 5) is 44.0. The van der Waals surface area contributed by atoms with Crippen molar-refractivity contribution in [3.63, 3.8) is 0 Å². The molecule has 0 atom stereocenters. The Labute approximate surface area is 216 Å². The molecule has 0 unspecified atom stereocenters. The number of halogens is 1. The molecule has 2 aromatic heterocycles. The van der Waals surface area contributed by atoms with Crippen LogP contribution in [0.15, 0.2) is 46.0 Å². The van der Waals surface area contributed by atoms with Gasteiger partial charge in [-0.15, -0.1) is 0 Å². The summed E-state index contributed by atoms with van der Waals surface area (Å²) in [6, 6.07) is 9.63. The number of nitrogens with one attached hydrogen (secondary N) is 1. The van der Waals surface area contributed by atoms with E-state index in [2.05, 4.69) is 10.3 Å². The summed E-state index contributed by atoms with van der Waals surface area (Å²) in [5.74, 6) is 0.0598. The fourth-order valence-electron chi connectivity index (χ4n) is 4.08. The number of hydrogen-bond acceptors (Lipinski definition) is 8. The van der Waals surface area contributed by atoms with E-state index in [1.54, 1.807) is 36.4 Å². The first-order valence-corrected chi connectivity index (χ1v) is 11.3. The van der Waals surface area contributed by atoms with Gasteiger partial charge in [0.15, 0.2) is 17.1 Å². The molecule has 4 aromatic rings. The largest absolute Gasteiger partial charge is 0.493 e. The Balaban J connectivity index is 2.14. The highest BCUT2D eigenvalue weighted by atomic mass is 35.5. The number of methoxy groups -OCH3 is 3. The summed E-state index contributed by atoms with van der Waals surface area (Å²) in [6.07, 6.45) is 0. The zero-order valence-electron chi connectivity index (χ0n) is 20.7. The van der Waals surface area contributed by atoms with E-state index in [-0.39, 0.29) is 39.5 Å². The average molecular weight is 526 g/mol. The van der Waals surface area contributed by atoms with Gasteiger partial charge in [-0.2, -0.15) is 0 Å². The molecular formula is C25H24ClN5O6. The molecule has 4 rings (SSSR count). The van der Waals surface area contributed by atoms with E-state index in [9.17, 15) is 14.4 Å². The lowest BCUT2D eigenvalue weighted by atomic mass is 9.95. The molecule has 0 spiro atoms. The summed E-state index contributed by atoms with van der Waals surface area (Å²) in [7, 11) is 7.14. The Morgan fingerprint density at radius 1 is 0.973 bits per heavy atom. The van der Waals surface area contributed by atoms with Crippen LogP contribution in [0.1, 0.15) is 10.4 Å². The van der Waals surface area contributed by atoms with Crippen LogP contribution < -0.4 is 36.5 Å². The lowest BCUT2D eigenvalue weighted by Crippen LogP contribution is -2.38. The first kappa shape index (κ1) is 25.6. The molecule has 11 nitrogen and oxygen atoms in total. The van der Waals surface area contributed by atoms with Gasteiger partial charge in [-0.25, -0.2) is 9.78 Å². The first-order valence-electron chi connectivity index (χ1n) is 10.9. The van der Waals surface area contributed by atoms with Crippen molar-refractivity contribution in [1.29, 1.82) is 0 Å². The predicted molar refractivity (Wildman–Crippen MR) is 141 cm³/mol. The fourth-order valence-corrected chi connectivity index (χ4v) is 4.20. The summed E-state index contributed by atoms with van der Waals surface area (Å²) in [5.41, 5.74) is 5.92. The van der Waals surface area contributed by atoms with Crippen molar-refractivity contribution < 1.29 is 19.0 Å². The third-order valence-electron chi connectivity index (χ3n) is 5.90. The van der Waals surface area contributed by atoms with Crippen LogP contribution in [-0.2, 0) is 14.1 Å².